The lowest BCUT2D eigenvalue weighted by atomic mass is 10.0. The third-order valence-corrected chi connectivity index (χ3v) is 2.26. The zero-order valence-corrected chi connectivity index (χ0v) is 8.05. The van der Waals surface area contributed by atoms with E-state index in [1.807, 2.05) is 0 Å². The van der Waals surface area contributed by atoms with Crippen LogP contribution in [0.4, 0.5) is 13.2 Å². The predicted molar refractivity (Wildman–Crippen MR) is 51.2 cm³/mol. The predicted octanol–water partition coefficient (Wildman–Crippen LogP) is 2.51. The number of rotatable bonds is 2. The third-order valence-electron chi connectivity index (χ3n) is 2.26. The van der Waals surface area contributed by atoms with Gasteiger partial charge >= 0.3 is 0 Å². The molecule has 0 bridgehead atoms. The average Bonchev–Trinajstić information content (AvgIpc) is 2.67. The van der Waals surface area contributed by atoms with Crippen molar-refractivity contribution in [2.24, 2.45) is 0 Å². The van der Waals surface area contributed by atoms with E-state index in [0.29, 0.717) is 17.7 Å². The molecule has 5 heteroatoms. The van der Waals surface area contributed by atoms with Crippen LogP contribution in [0.25, 0.3) is 0 Å². The van der Waals surface area contributed by atoms with E-state index in [2.05, 4.69) is 4.98 Å². The van der Waals surface area contributed by atoms with Crippen LogP contribution in [0.15, 0.2) is 30.6 Å². The normalized spacial score (nSPS) is 12.8. The van der Waals surface area contributed by atoms with E-state index >= 15 is 0 Å². The van der Waals surface area contributed by atoms with Crippen LogP contribution in [-0.4, -0.2) is 10.1 Å². The maximum atomic E-state index is 13.3. The van der Waals surface area contributed by atoms with Crippen molar-refractivity contribution in [1.82, 2.24) is 4.98 Å². The second-order valence-corrected chi connectivity index (χ2v) is 3.33. The van der Waals surface area contributed by atoms with E-state index in [1.165, 1.54) is 18.5 Å². The minimum absolute atomic E-state index is 0.310. The number of H-pyrrole nitrogens is 1. The lowest BCUT2D eigenvalue weighted by molar-refractivity contribution is 0.209. The van der Waals surface area contributed by atoms with Crippen molar-refractivity contribution in [3.63, 3.8) is 0 Å². The Morgan fingerprint density at radius 3 is 2.25 bits per heavy atom. The van der Waals surface area contributed by atoms with Crippen molar-refractivity contribution in [1.29, 1.82) is 0 Å². The van der Waals surface area contributed by atoms with Crippen LogP contribution in [0.5, 0.6) is 0 Å². The molecule has 0 aliphatic heterocycles. The first-order valence-electron chi connectivity index (χ1n) is 4.55. The molecule has 1 atom stereocenters. The van der Waals surface area contributed by atoms with Crippen molar-refractivity contribution >= 4 is 0 Å². The van der Waals surface area contributed by atoms with E-state index in [9.17, 15) is 18.3 Å². The molecule has 2 rings (SSSR count). The molecule has 0 spiro atoms. The summed E-state index contributed by atoms with van der Waals surface area (Å²) in [5.74, 6) is -3.22. The molecule has 0 saturated heterocycles. The Hall–Kier alpha value is -1.75. The van der Waals surface area contributed by atoms with E-state index < -0.39 is 29.1 Å². The van der Waals surface area contributed by atoms with E-state index in [0.717, 1.165) is 0 Å². The van der Waals surface area contributed by atoms with Crippen molar-refractivity contribution in [3.05, 3.63) is 59.2 Å². The summed E-state index contributed by atoms with van der Waals surface area (Å²) in [4.78, 5) is 2.65. The SMILES string of the molecule is OC(c1cc[nH]c1)c1c(F)cc(F)cc1F. The number of hydrogen-bond acceptors (Lipinski definition) is 1. The minimum Gasteiger partial charge on any atom is -0.383 e. The number of aromatic nitrogens is 1. The van der Waals surface area contributed by atoms with Crippen LogP contribution in [0.2, 0.25) is 0 Å². The lowest BCUT2D eigenvalue weighted by Crippen LogP contribution is -2.05. The zero-order valence-electron chi connectivity index (χ0n) is 8.05. The van der Waals surface area contributed by atoms with Gasteiger partial charge in [0.2, 0.25) is 0 Å². The molecule has 2 aromatic rings. The summed E-state index contributed by atoms with van der Waals surface area (Å²) in [7, 11) is 0. The molecule has 1 aromatic heterocycles. The highest BCUT2D eigenvalue weighted by Crippen LogP contribution is 2.27. The second kappa shape index (κ2) is 4.02. The van der Waals surface area contributed by atoms with Gasteiger partial charge in [0.1, 0.15) is 23.6 Å². The highest BCUT2D eigenvalue weighted by Gasteiger charge is 2.21. The molecule has 1 aromatic carbocycles. The van der Waals surface area contributed by atoms with Gasteiger partial charge in [-0.3, -0.25) is 0 Å². The first-order chi connectivity index (χ1) is 7.59. The summed E-state index contributed by atoms with van der Waals surface area (Å²) in [6.45, 7) is 0. The Labute approximate surface area is 89.4 Å². The number of aliphatic hydroxyl groups is 1. The number of aliphatic hydroxyl groups excluding tert-OH is 1. The van der Waals surface area contributed by atoms with Crippen molar-refractivity contribution < 1.29 is 18.3 Å². The summed E-state index contributed by atoms with van der Waals surface area (Å²) in [5, 5.41) is 9.71. The number of aromatic amines is 1. The topological polar surface area (TPSA) is 36.0 Å². The maximum Gasteiger partial charge on any atom is 0.135 e. The van der Waals surface area contributed by atoms with Gasteiger partial charge in [0.15, 0.2) is 0 Å². The molecule has 0 aliphatic rings. The van der Waals surface area contributed by atoms with Crippen molar-refractivity contribution in [2.75, 3.05) is 0 Å². The van der Waals surface area contributed by atoms with E-state index in [1.54, 1.807) is 0 Å². The molecular formula is C11H8F3NO. The maximum absolute atomic E-state index is 13.3. The summed E-state index contributed by atoms with van der Waals surface area (Å²) in [5.41, 5.74) is -0.245. The van der Waals surface area contributed by atoms with Crippen LogP contribution < -0.4 is 0 Å². The Morgan fingerprint density at radius 2 is 1.75 bits per heavy atom. The highest BCUT2D eigenvalue weighted by molar-refractivity contribution is 5.30. The summed E-state index contributed by atoms with van der Waals surface area (Å²) >= 11 is 0. The first-order valence-corrected chi connectivity index (χ1v) is 4.55. The fraction of sp³-hybridized carbons (Fsp3) is 0.0909. The fourth-order valence-corrected chi connectivity index (χ4v) is 1.49. The van der Waals surface area contributed by atoms with E-state index in [-0.39, 0.29) is 0 Å². The Kier molecular flexibility index (Phi) is 2.70. The van der Waals surface area contributed by atoms with Gasteiger partial charge in [-0.15, -0.1) is 0 Å². The summed E-state index contributed by atoms with van der Waals surface area (Å²) in [6, 6.07) is 2.55. The monoisotopic (exact) mass is 227 g/mol. The number of hydrogen-bond donors (Lipinski definition) is 2. The average molecular weight is 227 g/mol. The molecule has 84 valence electrons. The molecule has 2 N–H and O–H groups in total. The molecule has 1 heterocycles. The molecule has 2 nitrogen and oxygen atoms in total. The Bertz CT molecular complexity index is 473. The van der Waals surface area contributed by atoms with Crippen LogP contribution in [-0.2, 0) is 0 Å². The van der Waals surface area contributed by atoms with Gasteiger partial charge in [-0.25, -0.2) is 13.2 Å². The van der Waals surface area contributed by atoms with Crippen LogP contribution >= 0.6 is 0 Å². The van der Waals surface area contributed by atoms with Crippen molar-refractivity contribution in [3.8, 4) is 0 Å². The fourth-order valence-electron chi connectivity index (χ4n) is 1.49. The molecule has 0 amide bonds. The Balaban J connectivity index is 2.48. The number of halogens is 3. The van der Waals surface area contributed by atoms with Gasteiger partial charge < -0.3 is 10.1 Å². The van der Waals surface area contributed by atoms with Gasteiger partial charge in [-0.2, -0.15) is 0 Å². The lowest BCUT2D eigenvalue weighted by Gasteiger charge is -2.11. The van der Waals surface area contributed by atoms with Crippen molar-refractivity contribution in [2.45, 2.75) is 6.10 Å². The largest absolute Gasteiger partial charge is 0.383 e. The molecular weight excluding hydrogens is 219 g/mol. The quantitative estimate of drug-likeness (QED) is 0.812. The minimum atomic E-state index is -1.45. The van der Waals surface area contributed by atoms with E-state index in [4.69, 9.17) is 0 Å². The van der Waals surface area contributed by atoms with Gasteiger partial charge in [-0.1, -0.05) is 0 Å². The van der Waals surface area contributed by atoms with Crippen LogP contribution in [0.1, 0.15) is 17.2 Å². The smallest absolute Gasteiger partial charge is 0.135 e. The molecule has 1 unspecified atom stereocenters. The van der Waals surface area contributed by atoms with Crippen LogP contribution in [0.3, 0.4) is 0 Å². The molecule has 0 fully saturated rings. The number of nitrogens with one attached hydrogen (secondary N) is 1. The van der Waals surface area contributed by atoms with Gasteiger partial charge in [0.25, 0.3) is 0 Å². The first kappa shape index (κ1) is 10.8. The molecule has 16 heavy (non-hydrogen) atoms. The third kappa shape index (κ3) is 1.81. The summed E-state index contributed by atoms with van der Waals surface area (Å²) < 4.78 is 39.3. The number of benzene rings is 1. The molecule has 0 aliphatic carbocycles. The highest BCUT2D eigenvalue weighted by atomic mass is 19.1. The van der Waals surface area contributed by atoms with Crippen LogP contribution in [0, 0.1) is 17.5 Å². The van der Waals surface area contributed by atoms with Gasteiger partial charge in [-0.05, 0) is 6.07 Å². The van der Waals surface area contributed by atoms with Gasteiger partial charge in [0, 0.05) is 30.1 Å². The zero-order chi connectivity index (χ0) is 11.7. The molecule has 0 radical (unpaired) electrons. The molecule has 0 saturated carbocycles. The second-order valence-electron chi connectivity index (χ2n) is 3.33. The Morgan fingerprint density at radius 1 is 1.12 bits per heavy atom. The standard InChI is InChI=1S/C11H8F3NO/c12-7-3-8(13)10(9(14)4-7)11(16)6-1-2-15-5-6/h1-5,11,15-16H. The van der Waals surface area contributed by atoms with Gasteiger partial charge in [0.05, 0.1) is 5.56 Å². The summed E-state index contributed by atoms with van der Waals surface area (Å²) in [6.07, 6.45) is 1.47.